The lowest BCUT2D eigenvalue weighted by Crippen LogP contribution is -2.11. The zero-order valence-corrected chi connectivity index (χ0v) is 9.11. The van der Waals surface area contributed by atoms with Crippen LogP contribution in [0.4, 0.5) is 0 Å². The maximum atomic E-state index is 11.0. The third kappa shape index (κ3) is 8.55. The zero-order chi connectivity index (χ0) is 10.1. The van der Waals surface area contributed by atoms with E-state index in [-0.39, 0.29) is 13.2 Å². The Kier molecular flexibility index (Phi) is 8.95. The lowest BCUT2D eigenvalue weighted by Gasteiger charge is -2.00. The Bertz CT molecular complexity index is 154. The Balaban J connectivity index is 3.33. The standard InChI is InChI=1S/C7H16O4S2/c8-2-6-12(10)4-1-5-13(11)7-3-9/h8-9H,1-7H2/t12-,13-/m1/s1. The fraction of sp³-hybridized carbons (Fsp3) is 1.00. The Labute approximate surface area is 83.3 Å². The Morgan fingerprint density at radius 3 is 1.46 bits per heavy atom. The number of hydrogen-bond donors (Lipinski definition) is 2. The predicted octanol–water partition coefficient (Wildman–Crippen LogP) is -1.14. The third-order valence-electron chi connectivity index (χ3n) is 1.38. The largest absolute Gasteiger partial charge is 0.395 e. The molecular weight excluding hydrogens is 212 g/mol. The molecule has 0 aliphatic rings. The molecule has 13 heavy (non-hydrogen) atoms. The first kappa shape index (κ1) is 13.2. The quantitative estimate of drug-likeness (QED) is 0.550. The molecule has 0 radical (unpaired) electrons. The Morgan fingerprint density at radius 1 is 0.769 bits per heavy atom. The highest BCUT2D eigenvalue weighted by Crippen LogP contribution is 1.91. The lowest BCUT2D eigenvalue weighted by molar-refractivity contribution is 0.321. The van der Waals surface area contributed by atoms with Crippen molar-refractivity contribution in [2.45, 2.75) is 6.42 Å². The van der Waals surface area contributed by atoms with Crippen molar-refractivity contribution >= 4 is 21.6 Å². The summed E-state index contributed by atoms with van der Waals surface area (Å²) < 4.78 is 22.0. The normalized spacial score (nSPS) is 15.5. The second-order valence-corrected chi connectivity index (χ2v) is 5.89. The third-order valence-corrected chi connectivity index (χ3v) is 4.15. The fourth-order valence-electron chi connectivity index (χ4n) is 0.789. The highest BCUT2D eigenvalue weighted by molar-refractivity contribution is 7.85. The topological polar surface area (TPSA) is 74.6 Å². The molecule has 0 spiro atoms. The summed E-state index contributed by atoms with van der Waals surface area (Å²) in [6.07, 6.45) is 0.624. The van der Waals surface area contributed by atoms with Crippen LogP contribution < -0.4 is 0 Å². The van der Waals surface area contributed by atoms with Crippen molar-refractivity contribution < 1.29 is 18.6 Å². The first-order valence-corrected chi connectivity index (χ1v) is 7.10. The lowest BCUT2D eigenvalue weighted by atomic mass is 10.6. The number of hydrogen-bond acceptors (Lipinski definition) is 4. The van der Waals surface area contributed by atoms with Crippen molar-refractivity contribution in [2.24, 2.45) is 0 Å². The fourth-order valence-corrected chi connectivity index (χ4v) is 2.72. The van der Waals surface area contributed by atoms with Gasteiger partial charge in [0.15, 0.2) is 0 Å². The average Bonchev–Trinajstić information content (AvgIpc) is 2.05. The van der Waals surface area contributed by atoms with Crippen molar-refractivity contribution in [3.8, 4) is 0 Å². The van der Waals surface area contributed by atoms with Gasteiger partial charge in [-0.25, -0.2) is 0 Å². The monoisotopic (exact) mass is 228 g/mol. The molecule has 4 nitrogen and oxygen atoms in total. The van der Waals surface area contributed by atoms with Gasteiger partial charge in [-0.3, -0.25) is 8.42 Å². The van der Waals surface area contributed by atoms with Gasteiger partial charge in [0.05, 0.1) is 13.2 Å². The molecule has 0 fully saturated rings. The molecule has 0 saturated heterocycles. The van der Waals surface area contributed by atoms with Crippen LogP contribution in [-0.4, -0.2) is 54.9 Å². The molecule has 0 aliphatic carbocycles. The number of aliphatic hydroxyl groups excluding tert-OH is 2. The highest BCUT2D eigenvalue weighted by atomic mass is 32.2. The summed E-state index contributed by atoms with van der Waals surface area (Å²) in [4.78, 5) is 0. The van der Waals surface area contributed by atoms with E-state index in [0.29, 0.717) is 29.4 Å². The number of aliphatic hydroxyl groups is 2. The van der Waals surface area contributed by atoms with Gasteiger partial charge >= 0.3 is 0 Å². The van der Waals surface area contributed by atoms with Gasteiger partial charge in [-0.15, -0.1) is 0 Å². The summed E-state index contributed by atoms with van der Waals surface area (Å²) in [5, 5.41) is 16.9. The molecule has 0 aromatic rings. The van der Waals surface area contributed by atoms with E-state index in [4.69, 9.17) is 10.2 Å². The van der Waals surface area contributed by atoms with Gasteiger partial charge in [-0.05, 0) is 6.42 Å². The van der Waals surface area contributed by atoms with Gasteiger partial charge in [-0.2, -0.15) is 0 Å². The van der Waals surface area contributed by atoms with Crippen LogP contribution >= 0.6 is 0 Å². The van der Waals surface area contributed by atoms with Crippen LogP contribution in [-0.2, 0) is 21.6 Å². The maximum absolute atomic E-state index is 11.0. The summed E-state index contributed by atoms with van der Waals surface area (Å²) in [5.41, 5.74) is 0. The molecule has 80 valence electrons. The first-order valence-electron chi connectivity index (χ1n) is 4.12. The first-order chi connectivity index (χ1) is 6.20. The van der Waals surface area contributed by atoms with E-state index in [1.165, 1.54) is 0 Å². The molecule has 0 aromatic carbocycles. The highest BCUT2D eigenvalue weighted by Gasteiger charge is 2.01. The van der Waals surface area contributed by atoms with Crippen LogP contribution in [0.15, 0.2) is 0 Å². The maximum Gasteiger partial charge on any atom is 0.0546 e. The molecule has 0 bridgehead atoms. The van der Waals surface area contributed by atoms with Crippen LogP contribution in [0.25, 0.3) is 0 Å². The zero-order valence-electron chi connectivity index (χ0n) is 7.48. The van der Waals surface area contributed by atoms with Crippen molar-refractivity contribution in [2.75, 3.05) is 36.2 Å². The van der Waals surface area contributed by atoms with E-state index < -0.39 is 21.6 Å². The molecule has 0 rings (SSSR count). The summed E-state index contributed by atoms with van der Waals surface area (Å²) in [6.45, 7) is -0.126. The molecule has 0 aliphatic heterocycles. The molecule has 2 atom stereocenters. The van der Waals surface area contributed by atoms with Crippen molar-refractivity contribution in [3.05, 3.63) is 0 Å². The molecule has 0 amide bonds. The van der Waals surface area contributed by atoms with E-state index in [1.807, 2.05) is 0 Å². The molecule has 0 saturated carbocycles. The van der Waals surface area contributed by atoms with Crippen molar-refractivity contribution in [1.82, 2.24) is 0 Å². The van der Waals surface area contributed by atoms with Crippen molar-refractivity contribution in [1.29, 1.82) is 0 Å². The van der Waals surface area contributed by atoms with Gasteiger partial charge in [0, 0.05) is 44.6 Å². The summed E-state index contributed by atoms with van der Waals surface area (Å²) in [7, 11) is -1.97. The van der Waals surface area contributed by atoms with Gasteiger partial charge in [-0.1, -0.05) is 0 Å². The molecular formula is C7H16O4S2. The molecule has 0 heterocycles. The summed E-state index contributed by atoms with van der Waals surface area (Å²) in [5.74, 6) is 1.56. The molecule has 6 heteroatoms. The second kappa shape index (κ2) is 8.80. The minimum Gasteiger partial charge on any atom is -0.395 e. The van der Waals surface area contributed by atoms with E-state index in [2.05, 4.69) is 0 Å². The summed E-state index contributed by atoms with van der Waals surface area (Å²) >= 11 is 0. The predicted molar refractivity (Wildman–Crippen MR) is 54.5 cm³/mol. The summed E-state index contributed by atoms with van der Waals surface area (Å²) in [6, 6.07) is 0. The van der Waals surface area contributed by atoms with E-state index in [0.717, 1.165) is 0 Å². The Hall–Kier alpha value is 0.220. The van der Waals surface area contributed by atoms with E-state index >= 15 is 0 Å². The van der Waals surface area contributed by atoms with Gasteiger partial charge < -0.3 is 10.2 Å². The second-order valence-electron chi connectivity index (χ2n) is 2.50. The van der Waals surface area contributed by atoms with E-state index in [9.17, 15) is 8.42 Å². The SMILES string of the molecule is O=[S@@](CCO)CCC[S@@](=O)CCO. The van der Waals surface area contributed by atoms with Crippen LogP contribution in [0.1, 0.15) is 6.42 Å². The minimum atomic E-state index is -0.987. The van der Waals surface area contributed by atoms with Crippen LogP contribution in [0.3, 0.4) is 0 Å². The average molecular weight is 228 g/mol. The van der Waals surface area contributed by atoms with Gasteiger partial charge in [0.2, 0.25) is 0 Å². The molecule has 2 N–H and O–H groups in total. The Morgan fingerprint density at radius 2 is 1.15 bits per heavy atom. The molecule has 0 unspecified atom stereocenters. The molecule has 0 aromatic heterocycles. The van der Waals surface area contributed by atoms with Crippen LogP contribution in [0.5, 0.6) is 0 Å². The van der Waals surface area contributed by atoms with Crippen molar-refractivity contribution in [3.63, 3.8) is 0 Å². The minimum absolute atomic E-state index is 0.0632. The number of rotatable bonds is 8. The smallest absolute Gasteiger partial charge is 0.0546 e. The van der Waals surface area contributed by atoms with Gasteiger partial charge in [0.25, 0.3) is 0 Å². The van der Waals surface area contributed by atoms with Crippen LogP contribution in [0.2, 0.25) is 0 Å². The van der Waals surface area contributed by atoms with E-state index in [1.54, 1.807) is 0 Å². The van der Waals surface area contributed by atoms with Gasteiger partial charge in [0.1, 0.15) is 0 Å². The van der Waals surface area contributed by atoms with Crippen LogP contribution in [0, 0.1) is 0 Å².